The molecule has 4 heterocycles. The zero-order valence-corrected chi connectivity index (χ0v) is 19.6. The number of carbonyl (C=O) groups excluding carboxylic acids is 2. The number of oxime groups is 1. The van der Waals surface area contributed by atoms with Crippen LogP contribution < -0.4 is 11.1 Å². The zero-order valence-electron chi connectivity index (χ0n) is 15.6. The highest BCUT2D eigenvalue weighted by Crippen LogP contribution is 2.43. The van der Waals surface area contributed by atoms with E-state index in [1.165, 1.54) is 11.3 Å². The lowest BCUT2D eigenvalue weighted by Gasteiger charge is -2.50. The average molecular weight is 535 g/mol. The third-order valence-electron chi connectivity index (χ3n) is 4.71. The average Bonchev–Trinajstić information content (AvgIpc) is 3.30. The van der Waals surface area contributed by atoms with Crippen LogP contribution in [0.5, 0.6) is 0 Å². The summed E-state index contributed by atoms with van der Waals surface area (Å²) in [5.74, 6) is -2.76. The van der Waals surface area contributed by atoms with Gasteiger partial charge in [-0.1, -0.05) is 51.5 Å². The van der Waals surface area contributed by atoms with Crippen LogP contribution in [-0.4, -0.2) is 60.8 Å². The first-order valence-electron chi connectivity index (χ1n) is 8.74. The van der Waals surface area contributed by atoms with E-state index in [4.69, 9.17) is 28.9 Å². The molecule has 16 heteroatoms. The van der Waals surface area contributed by atoms with E-state index >= 15 is 0 Å². The Labute approximate surface area is 201 Å². The first-order chi connectivity index (χ1) is 15.2. The van der Waals surface area contributed by atoms with Crippen LogP contribution in [0.25, 0.3) is 0 Å². The van der Waals surface area contributed by atoms with Crippen molar-refractivity contribution >= 4 is 86.3 Å². The van der Waals surface area contributed by atoms with Crippen LogP contribution in [0.3, 0.4) is 0 Å². The lowest BCUT2D eigenvalue weighted by Crippen LogP contribution is -2.72. The summed E-state index contributed by atoms with van der Waals surface area (Å²) in [4.78, 5) is 46.9. The fourth-order valence-electron chi connectivity index (χ4n) is 3.41. The monoisotopic (exact) mass is 534 g/mol. The van der Waals surface area contributed by atoms with Gasteiger partial charge in [-0.15, -0.1) is 11.3 Å². The van der Waals surface area contributed by atoms with E-state index in [1.54, 1.807) is 5.38 Å². The van der Waals surface area contributed by atoms with Gasteiger partial charge in [-0.3, -0.25) is 14.5 Å². The van der Waals surface area contributed by atoms with Crippen molar-refractivity contribution in [3.63, 3.8) is 0 Å². The fourth-order valence-corrected chi connectivity index (χ4v) is 6.30. The largest absolute Gasteiger partial charge is 0.477 e. The maximum absolute atomic E-state index is 12.8. The number of halogens is 2. The van der Waals surface area contributed by atoms with Crippen LogP contribution in [0.15, 0.2) is 26.2 Å². The molecule has 1 saturated heterocycles. The van der Waals surface area contributed by atoms with Gasteiger partial charge in [-0.05, 0) is 12.8 Å². The Bertz CT molecular complexity index is 1190. The zero-order chi connectivity index (χ0) is 23.2. The van der Waals surface area contributed by atoms with Crippen molar-refractivity contribution in [3.05, 3.63) is 30.5 Å². The maximum atomic E-state index is 12.8. The Morgan fingerprint density at radius 3 is 2.69 bits per heavy atom. The molecule has 0 bridgehead atoms. The number of nitrogen functional groups attached to an aromatic ring is 1. The molecule has 0 radical (unpaired) electrons. The Morgan fingerprint density at radius 1 is 1.38 bits per heavy atom. The molecule has 2 atom stereocenters. The highest BCUT2D eigenvalue weighted by atomic mass is 35.5. The number of aromatic nitrogens is 2. The van der Waals surface area contributed by atoms with Gasteiger partial charge in [0.2, 0.25) is 0 Å². The number of nitrogens with two attached hydrogens (primary N) is 1. The van der Waals surface area contributed by atoms with Crippen LogP contribution in [0.2, 0.25) is 8.80 Å². The molecule has 2 aromatic heterocycles. The molecule has 5 N–H and O–H groups in total. The molecule has 11 nitrogen and oxygen atoms in total. The Balaban J connectivity index is 1.53. The summed E-state index contributed by atoms with van der Waals surface area (Å²) < 4.78 is 0.370. The van der Waals surface area contributed by atoms with Gasteiger partial charge in [0.05, 0.1) is 6.04 Å². The van der Waals surface area contributed by atoms with E-state index in [-0.39, 0.29) is 20.9 Å². The topological polar surface area (TPSA) is 171 Å². The third kappa shape index (κ3) is 4.03. The van der Waals surface area contributed by atoms with Crippen LogP contribution in [0.4, 0.5) is 5.13 Å². The molecular weight excluding hydrogens is 523 g/mol. The quantitative estimate of drug-likeness (QED) is 0.187. The minimum absolute atomic E-state index is 0.0459. The standard InChI is InChI=1S/C16H12Cl2N6O5S3/c17-11-8(22-16(19)32-11)9(23-29)12(25)21-7-4-1-2-5(31-6-3-30-15(18)20-6)10(14(27)28)24(4)13(7)26/h3-4,7,29H,1-2H2,(H2,19,22)(H,21,25)(H,27,28)/b23-9-. The molecule has 2 amide bonds. The van der Waals surface area contributed by atoms with Crippen LogP contribution >= 0.6 is 57.6 Å². The van der Waals surface area contributed by atoms with Crippen molar-refractivity contribution in [2.75, 3.05) is 5.73 Å². The Hall–Kier alpha value is -2.39. The molecule has 2 aliphatic rings. The lowest BCUT2D eigenvalue weighted by atomic mass is 9.86. The number of nitrogens with one attached hydrogen (secondary N) is 1. The summed E-state index contributed by atoms with van der Waals surface area (Å²) in [6.07, 6.45) is 0.765. The van der Waals surface area contributed by atoms with Gasteiger partial charge in [0.25, 0.3) is 11.8 Å². The molecule has 0 spiro atoms. The summed E-state index contributed by atoms with van der Waals surface area (Å²) in [5, 5.41) is 26.7. The van der Waals surface area contributed by atoms with E-state index < -0.39 is 35.6 Å². The van der Waals surface area contributed by atoms with Gasteiger partial charge < -0.3 is 21.4 Å². The molecule has 4 rings (SSSR count). The van der Waals surface area contributed by atoms with Crippen LogP contribution in [0, 0.1) is 0 Å². The second-order valence-corrected chi connectivity index (χ2v) is 10.7. The molecule has 1 fully saturated rings. The molecule has 2 aromatic rings. The van der Waals surface area contributed by atoms with E-state index in [9.17, 15) is 24.7 Å². The van der Waals surface area contributed by atoms with Crippen molar-refractivity contribution in [2.24, 2.45) is 5.16 Å². The minimum atomic E-state index is -1.26. The summed E-state index contributed by atoms with van der Waals surface area (Å²) in [6, 6.07) is -1.57. The van der Waals surface area contributed by atoms with Crippen molar-refractivity contribution in [2.45, 2.75) is 30.0 Å². The number of fused-ring (bicyclic) bond motifs is 1. The van der Waals surface area contributed by atoms with Gasteiger partial charge in [-0.25, -0.2) is 14.8 Å². The van der Waals surface area contributed by atoms with Gasteiger partial charge in [0, 0.05) is 10.3 Å². The molecule has 32 heavy (non-hydrogen) atoms. The molecule has 0 saturated carbocycles. The second kappa shape index (κ2) is 8.86. The van der Waals surface area contributed by atoms with Crippen LogP contribution in [0.1, 0.15) is 18.5 Å². The fraction of sp³-hybridized carbons (Fsp3) is 0.250. The normalized spacial score (nSPS) is 20.8. The number of thiazole rings is 2. The number of carboxylic acid groups (broad SMARTS) is 1. The molecule has 0 aromatic carbocycles. The van der Waals surface area contributed by atoms with E-state index in [1.807, 2.05) is 0 Å². The number of amides is 2. The molecule has 0 aliphatic carbocycles. The third-order valence-corrected chi connectivity index (χ3v) is 7.98. The highest BCUT2D eigenvalue weighted by molar-refractivity contribution is 8.03. The molecule has 2 unspecified atom stereocenters. The van der Waals surface area contributed by atoms with Crippen molar-refractivity contribution in [1.29, 1.82) is 0 Å². The van der Waals surface area contributed by atoms with E-state index in [0.29, 0.717) is 27.2 Å². The van der Waals surface area contributed by atoms with Crippen molar-refractivity contribution in [1.82, 2.24) is 20.2 Å². The Morgan fingerprint density at radius 2 is 2.12 bits per heavy atom. The summed E-state index contributed by atoms with van der Waals surface area (Å²) in [5.41, 5.74) is 4.78. The van der Waals surface area contributed by atoms with Gasteiger partial charge in [0.1, 0.15) is 26.8 Å². The lowest BCUT2D eigenvalue weighted by molar-refractivity contribution is -0.155. The predicted molar refractivity (Wildman–Crippen MR) is 119 cm³/mol. The van der Waals surface area contributed by atoms with Gasteiger partial charge in [-0.2, -0.15) is 0 Å². The maximum Gasteiger partial charge on any atom is 0.353 e. The van der Waals surface area contributed by atoms with E-state index in [0.717, 1.165) is 28.0 Å². The Kier molecular flexibility index (Phi) is 6.31. The summed E-state index contributed by atoms with van der Waals surface area (Å²) in [7, 11) is 0. The summed E-state index contributed by atoms with van der Waals surface area (Å²) in [6.45, 7) is 0. The molecule has 168 valence electrons. The highest BCUT2D eigenvalue weighted by Gasteiger charge is 2.54. The number of carbonyl (C=O) groups is 3. The number of hydrogen-bond acceptors (Lipinski definition) is 11. The number of anilines is 1. The smallest absolute Gasteiger partial charge is 0.353 e. The SMILES string of the molecule is Nc1nc(/C(=N/O)C(=O)NC2C(=O)N3C(C(=O)O)=C(Sc4csc(Cl)n4)CCC23)c(Cl)s1. The molecule has 2 aliphatic heterocycles. The van der Waals surface area contributed by atoms with E-state index in [2.05, 4.69) is 20.4 Å². The molecular formula is C16H12Cl2N6O5S3. The van der Waals surface area contributed by atoms with Gasteiger partial charge >= 0.3 is 5.97 Å². The van der Waals surface area contributed by atoms with Crippen LogP contribution in [-0.2, 0) is 14.4 Å². The second-order valence-electron chi connectivity index (χ2n) is 6.51. The number of hydrogen-bond donors (Lipinski definition) is 4. The first-order valence-corrected chi connectivity index (χ1v) is 12.0. The summed E-state index contributed by atoms with van der Waals surface area (Å²) >= 11 is 15.0. The minimum Gasteiger partial charge on any atom is -0.477 e. The number of allylic oxidation sites excluding steroid dienone is 1. The van der Waals surface area contributed by atoms with Crippen molar-refractivity contribution < 1.29 is 24.7 Å². The predicted octanol–water partition coefficient (Wildman–Crippen LogP) is 2.24. The number of rotatable bonds is 6. The number of aliphatic carboxylic acids is 1. The first kappa shape index (κ1) is 22.8. The number of thioether (sulfide) groups is 1. The van der Waals surface area contributed by atoms with Gasteiger partial charge in [0.15, 0.2) is 15.3 Å². The number of nitrogens with zero attached hydrogens (tertiary/aromatic N) is 4. The number of β-lactam (4-membered cyclic amide) rings is 1. The number of carboxylic acids is 1. The van der Waals surface area contributed by atoms with Crippen molar-refractivity contribution in [3.8, 4) is 0 Å².